The fourth-order valence-corrected chi connectivity index (χ4v) is 1.34. The molecule has 0 aromatic rings. The topological polar surface area (TPSA) is 41.5 Å². The van der Waals surface area contributed by atoms with Crippen molar-refractivity contribution in [3.05, 3.63) is 0 Å². The Morgan fingerprint density at radius 3 is 2.69 bits per heavy atom. The van der Waals surface area contributed by atoms with Gasteiger partial charge in [-0.3, -0.25) is 0 Å². The lowest BCUT2D eigenvalue weighted by molar-refractivity contribution is 0.0352. The van der Waals surface area contributed by atoms with Crippen molar-refractivity contribution in [3.63, 3.8) is 0 Å². The number of aliphatic hydroxyl groups excluding tert-OH is 1. The van der Waals surface area contributed by atoms with E-state index in [1.54, 1.807) is 0 Å². The second kappa shape index (κ2) is 10.9. The number of aliphatic hydroxyl groups is 1. The van der Waals surface area contributed by atoms with Crippen molar-refractivity contribution in [1.29, 1.82) is 0 Å². The first kappa shape index (κ1) is 15.4. The summed E-state index contributed by atoms with van der Waals surface area (Å²) in [6, 6.07) is 0.0651. The fraction of sp³-hybridized carbons (Fsp3) is 0.846. The van der Waals surface area contributed by atoms with E-state index in [0.29, 0.717) is 13.2 Å². The van der Waals surface area contributed by atoms with Crippen molar-refractivity contribution in [3.8, 4) is 12.3 Å². The first-order chi connectivity index (χ1) is 7.74. The summed E-state index contributed by atoms with van der Waals surface area (Å²) in [4.78, 5) is 0. The molecule has 0 amide bonds. The first-order valence-electron chi connectivity index (χ1n) is 6.19. The van der Waals surface area contributed by atoms with E-state index in [4.69, 9.17) is 11.2 Å². The zero-order valence-electron chi connectivity index (χ0n) is 10.5. The number of nitrogens with one attached hydrogen (secondary N) is 1. The van der Waals surface area contributed by atoms with Gasteiger partial charge in [0, 0.05) is 13.2 Å². The second-order valence-corrected chi connectivity index (χ2v) is 4.00. The van der Waals surface area contributed by atoms with Gasteiger partial charge in [0.1, 0.15) is 0 Å². The van der Waals surface area contributed by atoms with Crippen molar-refractivity contribution in [2.24, 2.45) is 0 Å². The molecule has 0 saturated heterocycles. The number of rotatable bonds is 10. The number of ether oxygens (including phenoxy) is 1. The van der Waals surface area contributed by atoms with E-state index < -0.39 is 6.10 Å². The van der Waals surface area contributed by atoms with E-state index in [1.165, 1.54) is 0 Å². The summed E-state index contributed by atoms with van der Waals surface area (Å²) >= 11 is 0. The third-order valence-electron chi connectivity index (χ3n) is 2.33. The van der Waals surface area contributed by atoms with E-state index in [2.05, 4.69) is 25.1 Å². The Morgan fingerprint density at radius 1 is 1.38 bits per heavy atom. The molecule has 16 heavy (non-hydrogen) atoms. The van der Waals surface area contributed by atoms with Gasteiger partial charge in [0.2, 0.25) is 0 Å². The van der Waals surface area contributed by atoms with Crippen LogP contribution in [0.5, 0.6) is 0 Å². The number of unbranched alkanes of at least 4 members (excludes halogenated alkanes) is 1. The average molecular weight is 227 g/mol. The van der Waals surface area contributed by atoms with E-state index in [1.807, 2.05) is 0 Å². The molecule has 94 valence electrons. The lowest BCUT2D eigenvalue weighted by atomic mass is 10.2. The van der Waals surface area contributed by atoms with E-state index in [0.717, 1.165) is 32.3 Å². The van der Waals surface area contributed by atoms with Crippen LogP contribution in [0.4, 0.5) is 0 Å². The summed E-state index contributed by atoms with van der Waals surface area (Å²) in [5.74, 6) is 2.67. The van der Waals surface area contributed by atoms with Gasteiger partial charge in [-0.05, 0) is 12.8 Å². The Bertz CT molecular complexity index is 189. The van der Waals surface area contributed by atoms with Crippen LogP contribution in [0, 0.1) is 12.3 Å². The molecule has 0 bridgehead atoms. The van der Waals surface area contributed by atoms with Crippen molar-refractivity contribution >= 4 is 0 Å². The molecule has 3 heteroatoms. The van der Waals surface area contributed by atoms with E-state index >= 15 is 0 Å². The highest BCUT2D eigenvalue weighted by molar-refractivity contribution is 4.98. The van der Waals surface area contributed by atoms with E-state index in [9.17, 15) is 5.11 Å². The van der Waals surface area contributed by atoms with Gasteiger partial charge in [0.05, 0.1) is 18.8 Å². The van der Waals surface area contributed by atoms with Crippen LogP contribution in [0.1, 0.15) is 39.5 Å². The predicted octanol–water partition coefficient (Wildman–Crippen LogP) is 1.56. The van der Waals surface area contributed by atoms with E-state index in [-0.39, 0.29) is 6.04 Å². The van der Waals surface area contributed by atoms with Crippen LogP contribution in [0.3, 0.4) is 0 Å². The van der Waals surface area contributed by atoms with Crippen molar-refractivity contribution in [2.75, 3.05) is 19.8 Å². The molecule has 0 aliphatic rings. The third kappa shape index (κ3) is 8.72. The standard InChI is InChI=1S/C13H25NO2/c1-4-7-9-16-11-13(15)10-14-12(6-3)8-5-2/h3,12-15H,4-5,7-11H2,1-2H3. The highest BCUT2D eigenvalue weighted by Crippen LogP contribution is 1.96. The van der Waals surface area contributed by atoms with Crippen LogP contribution in [0.25, 0.3) is 0 Å². The first-order valence-corrected chi connectivity index (χ1v) is 6.19. The molecule has 0 rings (SSSR count). The fourth-order valence-electron chi connectivity index (χ4n) is 1.34. The average Bonchev–Trinajstić information content (AvgIpc) is 2.30. The molecular weight excluding hydrogens is 202 g/mol. The zero-order valence-corrected chi connectivity index (χ0v) is 10.5. The zero-order chi connectivity index (χ0) is 12.2. The van der Waals surface area contributed by atoms with Crippen LogP contribution >= 0.6 is 0 Å². The molecule has 2 atom stereocenters. The molecule has 0 aromatic carbocycles. The van der Waals surface area contributed by atoms with Gasteiger partial charge in [-0.25, -0.2) is 0 Å². The normalized spacial score (nSPS) is 14.4. The maximum Gasteiger partial charge on any atom is 0.0898 e. The highest BCUT2D eigenvalue weighted by atomic mass is 16.5. The van der Waals surface area contributed by atoms with Gasteiger partial charge >= 0.3 is 0 Å². The summed E-state index contributed by atoms with van der Waals surface area (Å²) < 4.78 is 5.32. The maximum atomic E-state index is 9.61. The summed E-state index contributed by atoms with van der Waals surface area (Å²) in [6.45, 7) is 5.82. The van der Waals surface area contributed by atoms with Gasteiger partial charge in [-0.15, -0.1) is 6.42 Å². The van der Waals surface area contributed by atoms with Gasteiger partial charge in [0.25, 0.3) is 0 Å². The monoisotopic (exact) mass is 227 g/mol. The molecule has 0 aliphatic carbocycles. The molecule has 0 radical (unpaired) electrons. The van der Waals surface area contributed by atoms with Gasteiger partial charge < -0.3 is 15.2 Å². The molecule has 2 N–H and O–H groups in total. The van der Waals surface area contributed by atoms with Crippen molar-refractivity contribution in [1.82, 2.24) is 5.32 Å². The smallest absolute Gasteiger partial charge is 0.0898 e. The molecule has 0 spiro atoms. The molecule has 3 nitrogen and oxygen atoms in total. The molecule has 2 unspecified atom stereocenters. The minimum Gasteiger partial charge on any atom is -0.389 e. The largest absolute Gasteiger partial charge is 0.389 e. The Kier molecular flexibility index (Phi) is 10.6. The summed E-state index contributed by atoms with van der Waals surface area (Å²) in [5.41, 5.74) is 0. The summed E-state index contributed by atoms with van der Waals surface area (Å²) in [5, 5.41) is 12.7. The van der Waals surface area contributed by atoms with Gasteiger partial charge in [-0.2, -0.15) is 0 Å². The van der Waals surface area contributed by atoms with Crippen LogP contribution in [-0.4, -0.2) is 37.0 Å². The number of hydrogen-bond acceptors (Lipinski definition) is 3. The predicted molar refractivity (Wildman–Crippen MR) is 67.3 cm³/mol. The lowest BCUT2D eigenvalue weighted by Crippen LogP contribution is -2.36. The van der Waals surface area contributed by atoms with Crippen LogP contribution in [-0.2, 0) is 4.74 Å². The highest BCUT2D eigenvalue weighted by Gasteiger charge is 2.07. The van der Waals surface area contributed by atoms with Gasteiger partial charge in [0.15, 0.2) is 0 Å². The molecule has 0 fully saturated rings. The molecule has 0 heterocycles. The Balaban J connectivity index is 3.48. The Labute approximate surface area is 99.6 Å². The summed E-state index contributed by atoms with van der Waals surface area (Å²) in [6.07, 6.45) is 9.04. The molecular formula is C13H25NO2. The molecule has 0 aliphatic heterocycles. The number of hydrogen-bond donors (Lipinski definition) is 2. The second-order valence-electron chi connectivity index (χ2n) is 4.00. The Morgan fingerprint density at radius 2 is 2.12 bits per heavy atom. The Hall–Kier alpha value is -0.560. The molecule has 0 saturated carbocycles. The van der Waals surface area contributed by atoms with Gasteiger partial charge in [-0.1, -0.05) is 32.6 Å². The third-order valence-corrected chi connectivity index (χ3v) is 2.33. The lowest BCUT2D eigenvalue weighted by Gasteiger charge is -2.16. The SMILES string of the molecule is C#CC(CCC)NCC(O)COCCCC. The maximum absolute atomic E-state index is 9.61. The summed E-state index contributed by atoms with van der Waals surface area (Å²) in [7, 11) is 0. The quantitative estimate of drug-likeness (QED) is 0.439. The van der Waals surface area contributed by atoms with Crippen LogP contribution in [0.2, 0.25) is 0 Å². The minimum atomic E-state index is -0.468. The van der Waals surface area contributed by atoms with Crippen molar-refractivity contribution < 1.29 is 9.84 Å². The molecule has 0 aromatic heterocycles. The van der Waals surface area contributed by atoms with Crippen molar-refractivity contribution in [2.45, 2.75) is 51.7 Å². The van der Waals surface area contributed by atoms with Crippen LogP contribution in [0.15, 0.2) is 0 Å². The number of terminal acetylenes is 1. The minimum absolute atomic E-state index is 0.0651. The van der Waals surface area contributed by atoms with Crippen LogP contribution < -0.4 is 5.32 Å².